The first kappa shape index (κ1) is 19.2. The average molecular weight is 365 g/mol. The Morgan fingerprint density at radius 1 is 1.07 bits per heavy atom. The molecule has 1 fully saturated rings. The third-order valence-electron chi connectivity index (χ3n) is 5.30. The molecule has 2 aromatic carbocycles. The number of ether oxygens (including phenoxy) is 1. The molecule has 142 valence electrons. The highest BCUT2D eigenvalue weighted by molar-refractivity contribution is 5.98. The summed E-state index contributed by atoms with van der Waals surface area (Å²) < 4.78 is 5.14. The second-order valence-corrected chi connectivity index (χ2v) is 7.24. The Morgan fingerprint density at radius 2 is 1.78 bits per heavy atom. The van der Waals surface area contributed by atoms with Gasteiger partial charge in [-0.25, -0.2) is 0 Å². The van der Waals surface area contributed by atoms with Crippen molar-refractivity contribution in [1.29, 1.82) is 0 Å². The van der Waals surface area contributed by atoms with Gasteiger partial charge in [-0.1, -0.05) is 29.8 Å². The summed E-state index contributed by atoms with van der Waals surface area (Å²) in [6.45, 7) is 3.40. The first-order valence-corrected chi connectivity index (χ1v) is 9.58. The molecule has 0 bridgehead atoms. The van der Waals surface area contributed by atoms with Crippen molar-refractivity contribution in [2.24, 2.45) is 5.92 Å². The van der Waals surface area contributed by atoms with Crippen molar-refractivity contribution >= 4 is 11.7 Å². The molecule has 0 aromatic heterocycles. The number of amides is 1. The molecule has 1 amide bonds. The van der Waals surface area contributed by atoms with Gasteiger partial charge in [0.2, 0.25) is 5.91 Å². The van der Waals surface area contributed by atoms with Crippen molar-refractivity contribution in [2.45, 2.75) is 32.6 Å². The Labute approximate surface area is 161 Å². The summed E-state index contributed by atoms with van der Waals surface area (Å²) in [5, 5.41) is 0. The number of likely N-dealkylation sites (tertiary alicyclic amines) is 1. The van der Waals surface area contributed by atoms with Crippen molar-refractivity contribution < 1.29 is 14.3 Å². The van der Waals surface area contributed by atoms with Gasteiger partial charge in [-0.05, 0) is 56.0 Å². The molecule has 2 aromatic rings. The van der Waals surface area contributed by atoms with Crippen molar-refractivity contribution in [3.63, 3.8) is 0 Å². The van der Waals surface area contributed by atoms with E-state index in [4.69, 9.17) is 4.74 Å². The maximum Gasteiger partial charge on any atom is 0.222 e. The largest absolute Gasteiger partial charge is 0.497 e. The van der Waals surface area contributed by atoms with Gasteiger partial charge in [0, 0.05) is 31.0 Å². The molecule has 1 aliphatic rings. The lowest BCUT2D eigenvalue weighted by Crippen LogP contribution is -2.40. The molecule has 4 heteroatoms. The number of carbonyl (C=O) groups excluding carboxylic acids is 2. The molecule has 3 rings (SSSR count). The SMILES string of the molecule is COc1ccc(C(=O)C2CCN(C(=O)CCc3cccc(C)c3)CC2)cc1. The summed E-state index contributed by atoms with van der Waals surface area (Å²) in [4.78, 5) is 27.1. The lowest BCUT2D eigenvalue weighted by atomic mass is 9.88. The number of benzene rings is 2. The van der Waals surface area contributed by atoms with E-state index in [0.717, 1.165) is 30.6 Å². The lowest BCUT2D eigenvalue weighted by Gasteiger charge is -2.31. The standard InChI is InChI=1S/C23H27NO3/c1-17-4-3-5-18(16-17)6-11-22(25)24-14-12-20(13-15-24)23(26)19-7-9-21(27-2)10-8-19/h3-5,7-10,16,20H,6,11-15H2,1-2H3. The molecule has 0 spiro atoms. The summed E-state index contributed by atoms with van der Waals surface area (Å²) >= 11 is 0. The minimum atomic E-state index is -0.000724. The van der Waals surface area contributed by atoms with E-state index in [-0.39, 0.29) is 17.6 Å². The third kappa shape index (κ3) is 4.97. The molecule has 0 radical (unpaired) electrons. The molecular formula is C23H27NO3. The van der Waals surface area contributed by atoms with Crippen LogP contribution in [0, 0.1) is 12.8 Å². The quantitative estimate of drug-likeness (QED) is 0.725. The van der Waals surface area contributed by atoms with E-state index in [1.807, 2.05) is 35.2 Å². The van der Waals surface area contributed by atoms with Crippen molar-refractivity contribution in [3.8, 4) is 5.75 Å². The van der Waals surface area contributed by atoms with Gasteiger partial charge in [-0.2, -0.15) is 0 Å². The minimum absolute atomic E-state index is 0.000724. The van der Waals surface area contributed by atoms with Gasteiger partial charge < -0.3 is 9.64 Å². The Kier molecular flexibility index (Phi) is 6.28. The second-order valence-electron chi connectivity index (χ2n) is 7.24. The molecule has 1 heterocycles. The number of Topliss-reactive ketones (excluding diaryl/α,β-unsaturated/α-hetero) is 1. The van der Waals surface area contributed by atoms with E-state index in [2.05, 4.69) is 25.1 Å². The fourth-order valence-corrected chi connectivity index (χ4v) is 3.66. The minimum Gasteiger partial charge on any atom is -0.497 e. The predicted molar refractivity (Wildman–Crippen MR) is 106 cm³/mol. The first-order valence-electron chi connectivity index (χ1n) is 9.58. The monoisotopic (exact) mass is 365 g/mol. The highest BCUT2D eigenvalue weighted by Gasteiger charge is 2.27. The smallest absolute Gasteiger partial charge is 0.222 e. The van der Waals surface area contributed by atoms with Crippen LogP contribution >= 0.6 is 0 Å². The van der Waals surface area contributed by atoms with Crippen LogP contribution in [-0.4, -0.2) is 36.8 Å². The molecular weight excluding hydrogens is 338 g/mol. The zero-order chi connectivity index (χ0) is 19.2. The highest BCUT2D eigenvalue weighted by atomic mass is 16.5. The van der Waals surface area contributed by atoms with Crippen LogP contribution in [0.2, 0.25) is 0 Å². The number of carbonyl (C=O) groups is 2. The summed E-state index contributed by atoms with van der Waals surface area (Å²) in [5.74, 6) is 1.11. The zero-order valence-electron chi connectivity index (χ0n) is 16.1. The molecule has 0 saturated carbocycles. The van der Waals surface area contributed by atoms with Crippen LogP contribution < -0.4 is 4.74 Å². The van der Waals surface area contributed by atoms with E-state index >= 15 is 0 Å². The summed E-state index contributed by atoms with van der Waals surface area (Å²) in [6.07, 6.45) is 2.77. The molecule has 4 nitrogen and oxygen atoms in total. The van der Waals surface area contributed by atoms with Crippen LogP contribution in [0.1, 0.15) is 40.7 Å². The number of hydrogen-bond donors (Lipinski definition) is 0. The normalized spacial score (nSPS) is 14.8. The fourth-order valence-electron chi connectivity index (χ4n) is 3.66. The molecule has 0 atom stereocenters. The van der Waals surface area contributed by atoms with Crippen LogP contribution in [-0.2, 0) is 11.2 Å². The summed E-state index contributed by atoms with van der Waals surface area (Å²) in [7, 11) is 1.61. The number of ketones is 1. The third-order valence-corrected chi connectivity index (χ3v) is 5.30. The number of rotatable bonds is 6. The number of hydrogen-bond acceptors (Lipinski definition) is 3. The molecule has 0 N–H and O–H groups in total. The van der Waals surface area contributed by atoms with Gasteiger partial charge in [0.25, 0.3) is 0 Å². The lowest BCUT2D eigenvalue weighted by molar-refractivity contribution is -0.132. The molecule has 0 aliphatic carbocycles. The van der Waals surface area contributed by atoms with Gasteiger partial charge in [-0.3, -0.25) is 9.59 Å². The first-order chi connectivity index (χ1) is 13.1. The van der Waals surface area contributed by atoms with Crippen molar-refractivity contribution in [2.75, 3.05) is 20.2 Å². The van der Waals surface area contributed by atoms with E-state index in [0.29, 0.717) is 19.5 Å². The average Bonchev–Trinajstić information content (AvgIpc) is 2.72. The molecule has 1 saturated heterocycles. The van der Waals surface area contributed by atoms with Crippen molar-refractivity contribution in [3.05, 3.63) is 65.2 Å². The second kappa shape index (κ2) is 8.85. The van der Waals surface area contributed by atoms with Crippen LogP contribution in [0.5, 0.6) is 5.75 Å². The van der Waals surface area contributed by atoms with Gasteiger partial charge in [0.1, 0.15) is 5.75 Å². The Bertz CT molecular complexity index is 790. The van der Waals surface area contributed by atoms with Crippen molar-refractivity contribution in [1.82, 2.24) is 4.90 Å². The van der Waals surface area contributed by atoms with E-state index in [1.165, 1.54) is 11.1 Å². The fraction of sp³-hybridized carbons (Fsp3) is 0.391. The van der Waals surface area contributed by atoms with Crippen LogP contribution in [0.3, 0.4) is 0 Å². The Balaban J connectivity index is 1.48. The van der Waals surface area contributed by atoms with Crippen LogP contribution in [0.25, 0.3) is 0 Å². The molecule has 0 unspecified atom stereocenters. The topological polar surface area (TPSA) is 46.6 Å². The van der Waals surface area contributed by atoms with Gasteiger partial charge in [-0.15, -0.1) is 0 Å². The maximum atomic E-state index is 12.7. The zero-order valence-corrected chi connectivity index (χ0v) is 16.1. The van der Waals surface area contributed by atoms with E-state index < -0.39 is 0 Å². The van der Waals surface area contributed by atoms with E-state index in [9.17, 15) is 9.59 Å². The predicted octanol–water partition coefficient (Wildman–Crippen LogP) is 4.06. The highest BCUT2D eigenvalue weighted by Crippen LogP contribution is 2.23. The Hall–Kier alpha value is -2.62. The number of piperidine rings is 1. The summed E-state index contributed by atoms with van der Waals surface area (Å²) in [6, 6.07) is 15.6. The molecule has 27 heavy (non-hydrogen) atoms. The van der Waals surface area contributed by atoms with Crippen LogP contribution in [0.15, 0.2) is 48.5 Å². The Morgan fingerprint density at radius 3 is 2.41 bits per heavy atom. The van der Waals surface area contributed by atoms with Crippen LogP contribution in [0.4, 0.5) is 0 Å². The van der Waals surface area contributed by atoms with Gasteiger partial charge in [0.05, 0.1) is 7.11 Å². The number of nitrogens with zero attached hydrogens (tertiary/aromatic N) is 1. The maximum absolute atomic E-state index is 12.7. The number of methoxy groups -OCH3 is 1. The number of aryl methyl sites for hydroxylation is 2. The van der Waals surface area contributed by atoms with Gasteiger partial charge in [0.15, 0.2) is 5.78 Å². The van der Waals surface area contributed by atoms with E-state index in [1.54, 1.807) is 7.11 Å². The molecule has 1 aliphatic heterocycles. The summed E-state index contributed by atoms with van der Waals surface area (Å²) in [5.41, 5.74) is 3.14. The van der Waals surface area contributed by atoms with Gasteiger partial charge >= 0.3 is 0 Å².